The molecular formula is C16H18N4O3. The van der Waals surface area contributed by atoms with Gasteiger partial charge in [-0.15, -0.1) is 0 Å². The fraction of sp³-hybridized carbons (Fsp3) is 0.250. The van der Waals surface area contributed by atoms with Crippen LogP contribution < -0.4 is 10.6 Å². The molecule has 1 aromatic carbocycles. The molecule has 1 aromatic heterocycles. The van der Waals surface area contributed by atoms with E-state index in [-0.39, 0.29) is 11.7 Å². The van der Waals surface area contributed by atoms with Crippen LogP contribution in [0.2, 0.25) is 0 Å². The van der Waals surface area contributed by atoms with Crippen LogP contribution in [0.1, 0.15) is 27.6 Å². The number of carbonyl (C=O) groups excluding carboxylic acids is 2. The average molecular weight is 314 g/mol. The van der Waals surface area contributed by atoms with E-state index in [1.165, 1.54) is 19.3 Å². The molecule has 0 aliphatic rings. The van der Waals surface area contributed by atoms with Crippen molar-refractivity contribution < 1.29 is 14.3 Å². The zero-order chi connectivity index (χ0) is 16.7. The highest BCUT2D eigenvalue weighted by Gasteiger charge is 2.07. The molecule has 0 bridgehead atoms. The van der Waals surface area contributed by atoms with E-state index in [4.69, 9.17) is 4.74 Å². The summed E-state index contributed by atoms with van der Waals surface area (Å²) < 4.78 is 4.86. The van der Waals surface area contributed by atoms with Crippen molar-refractivity contribution in [3.05, 3.63) is 47.8 Å². The lowest BCUT2D eigenvalue weighted by Crippen LogP contribution is -2.27. The lowest BCUT2D eigenvalue weighted by atomic mass is 10.1. The average Bonchev–Trinajstić information content (AvgIpc) is 2.56. The number of carbonyl (C=O) groups is 2. The topological polar surface area (TPSA) is 93.2 Å². The molecule has 2 aromatic rings. The summed E-state index contributed by atoms with van der Waals surface area (Å²) >= 11 is 0. The van der Waals surface area contributed by atoms with Crippen molar-refractivity contribution >= 4 is 23.3 Å². The lowest BCUT2D eigenvalue weighted by Gasteiger charge is -2.07. The van der Waals surface area contributed by atoms with Crippen molar-refractivity contribution in [3.8, 4) is 0 Å². The predicted molar refractivity (Wildman–Crippen MR) is 86.0 cm³/mol. The second-order valence-corrected chi connectivity index (χ2v) is 4.81. The summed E-state index contributed by atoms with van der Waals surface area (Å²) in [7, 11) is 1.57. The molecule has 0 saturated heterocycles. The fourth-order valence-corrected chi connectivity index (χ4v) is 1.82. The van der Waals surface area contributed by atoms with E-state index in [1.807, 2.05) is 0 Å². The maximum absolute atomic E-state index is 11.8. The Balaban J connectivity index is 2.01. The van der Waals surface area contributed by atoms with Crippen LogP contribution in [-0.4, -0.2) is 41.9 Å². The Bertz CT molecular complexity index is 686. The van der Waals surface area contributed by atoms with E-state index < -0.39 is 0 Å². The monoisotopic (exact) mass is 314 g/mol. The normalized spacial score (nSPS) is 10.2. The SMILES string of the molecule is COCCNC(=O)c1cnc(Nc2cccc(C(C)=O)c2)nc1. The first-order valence-electron chi connectivity index (χ1n) is 7.07. The summed E-state index contributed by atoms with van der Waals surface area (Å²) in [6.07, 6.45) is 2.87. The molecule has 0 radical (unpaired) electrons. The van der Waals surface area contributed by atoms with Crippen LogP contribution >= 0.6 is 0 Å². The Labute approximate surface area is 134 Å². The number of ketones is 1. The van der Waals surface area contributed by atoms with Crippen LogP contribution in [0.5, 0.6) is 0 Å². The molecule has 1 heterocycles. The standard InChI is InChI=1S/C16H18N4O3/c1-11(21)12-4-3-5-14(8-12)20-16-18-9-13(10-19-16)15(22)17-6-7-23-2/h3-5,8-10H,6-7H2,1-2H3,(H,17,22)(H,18,19,20). The number of hydrogen-bond acceptors (Lipinski definition) is 6. The fourth-order valence-electron chi connectivity index (χ4n) is 1.82. The molecular weight excluding hydrogens is 296 g/mol. The molecule has 0 aliphatic heterocycles. The smallest absolute Gasteiger partial charge is 0.254 e. The van der Waals surface area contributed by atoms with Gasteiger partial charge in [0.1, 0.15) is 0 Å². The Morgan fingerprint density at radius 1 is 1.17 bits per heavy atom. The molecule has 0 spiro atoms. The van der Waals surface area contributed by atoms with Gasteiger partial charge in [-0.2, -0.15) is 0 Å². The highest BCUT2D eigenvalue weighted by atomic mass is 16.5. The van der Waals surface area contributed by atoms with Gasteiger partial charge in [-0.3, -0.25) is 9.59 Å². The van der Waals surface area contributed by atoms with Gasteiger partial charge < -0.3 is 15.4 Å². The maximum Gasteiger partial charge on any atom is 0.254 e. The van der Waals surface area contributed by atoms with Gasteiger partial charge in [-0.05, 0) is 19.1 Å². The Morgan fingerprint density at radius 3 is 2.57 bits per heavy atom. The number of benzene rings is 1. The number of Topliss-reactive ketones (excluding diaryl/α,β-unsaturated/α-hetero) is 1. The van der Waals surface area contributed by atoms with E-state index in [0.29, 0.717) is 35.9 Å². The van der Waals surface area contributed by atoms with Gasteiger partial charge in [0.25, 0.3) is 5.91 Å². The zero-order valence-corrected chi connectivity index (χ0v) is 13.0. The van der Waals surface area contributed by atoms with E-state index in [9.17, 15) is 9.59 Å². The molecule has 7 heteroatoms. The summed E-state index contributed by atoms with van der Waals surface area (Å²) in [6, 6.07) is 7.04. The minimum absolute atomic E-state index is 0.0161. The van der Waals surface area contributed by atoms with Gasteiger partial charge in [0.05, 0.1) is 12.2 Å². The van der Waals surface area contributed by atoms with Crippen LogP contribution in [0.3, 0.4) is 0 Å². The van der Waals surface area contributed by atoms with E-state index in [0.717, 1.165) is 0 Å². The highest BCUT2D eigenvalue weighted by molar-refractivity contribution is 5.95. The van der Waals surface area contributed by atoms with E-state index in [1.54, 1.807) is 31.4 Å². The number of rotatable bonds is 7. The molecule has 2 rings (SSSR count). The Kier molecular flexibility index (Phi) is 5.76. The summed E-state index contributed by atoms with van der Waals surface area (Å²) in [6.45, 7) is 2.37. The number of aromatic nitrogens is 2. The van der Waals surface area contributed by atoms with Crippen molar-refractivity contribution in [1.82, 2.24) is 15.3 Å². The molecule has 1 amide bonds. The second kappa shape index (κ2) is 8.00. The number of nitrogens with one attached hydrogen (secondary N) is 2. The number of ether oxygens (including phenoxy) is 1. The molecule has 0 saturated carbocycles. The molecule has 0 unspecified atom stereocenters. The molecule has 7 nitrogen and oxygen atoms in total. The van der Waals surface area contributed by atoms with Crippen LogP contribution in [0, 0.1) is 0 Å². The van der Waals surface area contributed by atoms with Crippen LogP contribution in [0.25, 0.3) is 0 Å². The minimum atomic E-state index is -0.257. The van der Waals surface area contributed by atoms with Crippen molar-refractivity contribution in [2.45, 2.75) is 6.92 Å². The number of methoxy groups -OCH3 is 1. The van der Waals surface area contributed by atoms with Crippen molar-refractivity contribution in [2.75, 3.05) is 25.6 Å². The van der Waals surface area contributed by atoms with Gasteiger partial charge >= 0.3 is 0 Å². The van der Waals surface area contributed by atoms with Crippen LogP contribution in [0.15, 0.2) is 36.7 Å². The van der Waals surface area contributed by atoms with Gasteiger partial charge in [-0.25, -0.2) is 9.97 Å². The van der Waals surface area contributed by atoms with E-state index >= 15 is 0 Å². The largest absolute Gasteiger partial charge is 0.383 e. The van der Waals surface area contributed by atoms with Crippen molar-refractivity contribution in [3.63, 3.8) is 0 Å². The molecule has 0 aliphatic carbocycles. The lowest BCUT2D eigenvalue weighted by molar-refractivity contribution is 0.0935. The van der Waals surface area contributed by atoms with Gasteiger partial charge in [-0.1, -0.05) is 12.1 Å². The van der Waals surface area contributed by atoms with Gasteiger partial charge in [0.15, 0.2) is 5.78 Å². The number of amides is 1. The van der Waals surface area contributed by atoms with Crippen molar-refractivity contribution in [2.24, 2.45) is 0 Å². The Hall–Kier alpha value is -2.80. The minimum Gasteiger partial charge on any atom is -0.383 e. The zero-order valence-electron chi connectivity index (χ0n) is 13.0. The van der Waals surface area contributed by atoms with Gasteiger partial charge in [0.2, 0.25) is 5.95 Å². The summed E-state index contributed by atoms with van der Waals surface area (Å²) in [5.74, 6) is 0.0731. The third-order valence-electron chi connectivity index (χ3n) is 3.03. The molecule has 0 fully saturated rings. The van der Waals surface area contributed by atoms with Gasteiger partial charge in [0, 0.05) is 37.3 Å². The molecule has 120 valence electrons. The third kappa shape index (κ3) is 4.86. The third-order valence-corrected chi connectivity index (χ3v) is 3.03. The van der Waals surface area contributed by atoms with Crippen molar-refractivity contribution in [1.29, 1.82) is 0 Å². The number of hydrogen-bond donors (Lipinski definition) is 2. The van der Waals surface area contributed by atoms with Crippen LogP contribution in [0.4, 0.5) is 11.6 Å². The predicted octanol–water partition coefficient (Wildman–Crippen LogP) is 1.80. The first-order valence-corrected chi connectivity index (χ1v) is 7.07. The quantitative estimate of drug-likeness (QED) is 0.598. The van der Waals surface area contributed by atoms with E-state index in [2.05, 4.69) is 20.6 Å². The first kappa shape index (κ1) is 16.6. The van der Waals surface area contributed by atoms with Crippen LogP contribution in [-0.2, 0) is 4.74 Å². The molecule has 2 N–H and O–H groups in total. The number of anilines is 2. The molecule has 23 heavy (non-hydrogen) atoms. The highest BCUT2D eigenvalue weighted by Crippen LogP contribution is 2.15. The summed E-state index contributed by atoms with van der Waals surface area (Å²) in [5, 5.41) is 5.68. The summed E-state index contributed by atoms with van der Waals surface area (Å²) in [5.41, 5.74) is 1.67. The summed E-state index contributed by atoms with van der Waals surface area (Å²) in [4.78, 5) is 31.4. The molecule has 0 atom stereocenters. The number of nitrogens with zero attached hydrogens (tertiary/aromatic N) is 2. The second-order valence-electron chi connectivity index (χ2n) is 4.81. The first-order chi connectivity index (χ1) is 11.1. The maximum atomic E-state index is 11.8. The Morgan fingerprint density at radius 2 is 1.91 bits per heavy atom.